The highest BCUT2D eigenvalue weighted by atomic mass is 14.4. The van der Waals surface area contributed by atoms with Gasteiger partial charge in [0.2, 0.25) is 0 Å². The quantitative estimate of drug-likeness (QED) is 0.581. The van der Waals surface area contributed by atoms with Gasteiger partial charge < -0.3 is 0 Å². The van der Waals surface area contributed by atoms with E-state index in [4.69, 9.17) is 0 Å². The molecule has 0 radical (unpaired) electrons. The standard InChI is InChI=1S/C20H24/c1-13-10-11-14-17(12-13)20(5,6)16-9-7-8-15(18(14)16)19(2,3)4/h7-12H,1-6H3. The van der Waals surface area contributed by atoms with Crippen molar-refractivity contribution in [2.75, 3.05) is 0 Å². The lowest BCUT2D eigenvalue weighted by molar-refractivity contribution is 0.589. The summed E-state index contributed by atoms with van der Waals surface area (Å²) in [5.74, 6) is 0. The first-order valence-electron chi connectivity index (χ1n) is 7.48. The lowest BCUT2D eigenvalue weighted by Crippen LogP contribution is -2.17. The van der Waals surface area contributed by atoms with Crippen LogP contribution in [0.5, 0.6) is 0 Å². The van der Waals surface area contributed by atoms with E-state index < -0.39 is 0 Å². The molecule has 3 rings (SSSR count). The van der Waals surface area contributed by atoms with Crippen molar-refractivity contribution in [3.63, 3.8) is 0 Å². The summed E-state index contributed by atoms with van der Waals surface area (Å²) in [4.78, 5) is 0. The predicted octanol–water partition coefficient (Wildman–Crippen LogP) is 5.60. The Labute approximate surface area is 122 Å². The molecule has 0 bridgehead atoms. The molecule has 1 aliphatic rings. The highest BCUT2D eigenvalue weighted by molar-refractivity contribution is 5.84. The molecule has 0 heterocycles. The van der Waals surface area contributed by atoms with Gasteiger partial charge in [-0.15, -0.1) is 0 Å². The summed E-state index contributed by atoms with van der Waals surface area (Å²) >= 11 is 0. The summed E-state index contributed by atoms with van der Waals surface area (Å²) < 4.78 is 0. The normalized spacial score (nSPS) is 15.9. The molecule has 20 heavy (non-hydrogen) atoms. The molecule has 0 saturated carbocycles. The lowest BCUT2D eigenvalue weighted by atomic mass is 9.79. The second-order valence-electron chi connectivity index (χ2n) is 7.65. The zero-order valence-corrected chi connectivity index (χ0v) is 13.5. The molecular weight excluding hydrogens is 240 g/mol. The molecular formula is C20H24. The molecule has 0 N–H and O–H groups in total. The van der Waals surface area contributed by atoms with Crippen LogP contribution in [0.4, 0.5) is 0 Å². The zero-order valence-electron chi connectivity index (χ0n) is 13.5. The first-order valence-corrected chi connectivity index (χ1v) is 7.48. The fourth-order valence-corrected chi connectivity index (χ4v) is 3.53. The van der Waals surface area contributed by atoms with E-state index in [1.807, 2.05) is 0 Å². The molecule has 0 amide bonds. The first-order chi connectivity index (χ1) is 9.23. The van der Waals surface area contributed by atoms with Crippen LogP contribution >= 0.6 is 0 Å². The Morgan fingerprint density at radius 3 is 2.25 bits per heavy atom. The van der Waals surface area contributed by atoms with E-state index in [0.717, 1.165) is 0 Å². The van der Waals surface area contributed by atoms with Gasteiger partial charge in [-0.25, -0.2) is 0 Å². The Bertz CT molecular complexity index is 682. The van der Waals surface area contributed by atoms with Crippen LogP contribution in [0, 0.1) is 6.92 Å². The van der Waals surface area contributed by atoms with E-state index in [9.17, 15) is 0 Å². The Morgan fingerprint density at radius 1 is 0.900 bits per heavy atom. The Kier molecular flexibility index (Phi) is 2.67. The van der Waals surface area contributed by atoms with Gasteiger partial charge in [0.15, 0.2) is 0 Å². The van der Waals surface area contributed by atoms with Crippen LogP contribution in [0.3, 0.4) is 0 Å². The number of aryl methyl sites for hydroxylation is 1. The molecule has 0 fully saturated rings. The van der Waals surface area contributed by atoms with Crippen LogP contribution in [0.15, 0.2) is 36.4 Å². The van der Waals surface area contributed by atoms with Crippen molar-refractivity contribution in [2.45, 2.75) is 52.4 Å². The van der Waals surface area contributed by atoms with Gasteiger partial charge in [0.25, 0.3) is 0 Å². The molecule has 0 aliphatic heterocycles. The van der Waals surface area contributed by atoms with Gasteiger partial charge in [0, 0.05) is 5.41 Å². The first kappa shape index (κ1) is 13.4. The summed E-state index contributed by atoms with van der Waals surface area (Å²) in [6.45, 7) is 13.8. The van der Waals surface area contributed by atoms with Crippen molar-refractivity contribution >= 4 is 0 Å². The number of hydrogen-bond donors (Lipinski definition) is 0. The lowest BCUT2D eigenvalue weighted by Gasteiger charge is -2.25. The maximum atomic E-state index is 2.36. The molecule has 0 heteroatoms. The maximum absolute atomic E-state index is 2.36. The van der Waals surface area contributed by atoms with Gasteiger partial charge in [0.1, 0.15) is 0 Å². The average Bonchev–Trinajstić information content (AvgIpc) is 2.57. The van der Waals surface area contributed by atoms with Gasteiger partial charge in [-0.1, -0.05) is 76.6 Å². The van der Waals surface area contributed by atoms with Crippen LogP contribution in [0.2, 0.25) is 0 Å². The SMILES string of the molecule is Cc1ccc2c(c1)C(C)(C)c1cccc(C(C)(C)C)c1-2. The molecule has 0 atom stereocenters. The molecule has 2 aromatic rings. The van der Waals surface area contributed by atoms with Crippen molar-refractivity contribution in [3.05, 3.63) is 58.7 Å². The van der Waals surface area contributed by atoms with Crippen molar-refractivity contribution in [3.8, 4) is 11.1 Å². The number of hydrogen-bond acceptors (Lipinski definition) is 0. The van der Waals surface area contributed by atoms with E-state index in [0.29, 0.717) is 0 Å². The third kappa shape index (κ3) is 1.74. The van der Waals surface area contributed by atoms with Crippen LogP contribution in [0.1, 0.15) is 56.9 Å². The van der Waals surface area contributed by atoms with Crippen molar-refractivity contribution in [1.82, 2.24) is 0 Å². The monoisotopic (exact) mass is 264 g/mol. The predicted molar refractivity (Wildman–Crippen MR) is 87.4 cm³/mol. The smallest absolute Gasteiger partial charge is 0.0159 e. The third-order valence-electron chi connectivity index (χ3n) is 4.66. The molecule has 0 unspecified atom stereocenters. The van der Waals surface area contributed by atoms with Crippen molar-refractivity contribution in [2.24, 2.45) is 0 Å². The van der Waals surface area contributed by atoms with Crippen molar-refractivity contribution < 1.29 is 0 Å². The Morgan fingerprint density at radius 2 is 1.60 bits per heavy atom. The van der Waals surface area contributed by atoms with E-state index in [-0.39, 0.29) is 10.8 Å². The molecule has 0 saturated heterocycles. The zero-order chi connectivity index (χ0) is 14.7. The molecule has 1 aliphatic carbocycles. The van der Waals surface area contributed by atoms with Gasteiger partial charge >= 0.3 is 0 Å². The van der Waals surface area contributed by atoms with Crippen LogP contribution in [0.25, 0.3) is 11.1 Å². The largest absolute Gasteiger partial charge is 0.0616 e. The Hall–Kier alpha value is -1.56. The summed E-state index contributed by atoms with van der Waals surface area (Å²) in [5, 5.41) is 0. The average molecular weight is 264 g/mol. The third-order valence-corrected chi connectivity index (χ3v) is 4.66. The highest BCUT2D eigenvalue weighted by Gasteiger charge is 2.38. The minimum Gasteiger partial charge on any atom is -0.0616 e. The van der Waals surface area contributed by atoms with E-state index >= 15 is 0 Å². The minimum atomic E-state index is 0.109. The van der Waals surface area contributed by atoms with Gasteiger partial charge in [-0.2, -0.15) is 0 Å². The molecule has 0 nitrogen and oxygen atoms in total. The minimum absolute atomic E-state index is 0.109. The second kappa shape index (κ2) is 3.97. The van der Waals surface area contributed by atoms with E-state index in [1.165, 1.54) is 33.4 Å². The fourth-order valence-electron chi connectivity index (χ4n) is 3.53. The number of benzene rings is 2. The Balaban J connectivity index is 2.41. The summed E-state index contributed by atoms with van der Waals surface area (Å²) in [7, 11) is 0. The van der Waals surface area contributed by atoms with Crippen LogP contribution in [-0.2, 0) is 10.8 Å². The van der Waals surface area contributed by atoms with Crippen molar-refractivity contribution in [1.29, 1.82) is 0 Å². The summed E-state index contributed by atoms with van der Waals surface area (Å²) in [5.41, 5.74) is 8.95. The second-order valence-corrected chi connectivity index (χ2v) is 7.65. The summed E-state index contributed by atoms with van der Waals surface area (Å²) in [6, 6.07) is 13.7. The summed E-state index contributed by atoms with van der Waals surface area (Å²) in [6.07, 6.45) is 0. The van der Waals surface area contributed by atoms with E-state index in [2.05, 4.69) is 77.9 Å². The number of fused-ring (bicyclic) bond motifs is 3. The van der Waals surface area contributed by atoms with Crippen LogP contribution in [-0.4, -0.2) is 0 Å². The molecule has 0 aromatic heterocycles. The topological polar surface area (TPSA) is 0 Å². The maximum Gasteiger partial charge on any atom is 0.0159 e. The molecule has 0 spiro atoms. The fraction of sp³-hybridized carbons (Fsp3) is 0.400. The molecule has 2 aromatic carbocycles. The van der Waals surface area contributed by atoms with E-state index in [1.54, 1.807) is 0 Å². The van der Waals surface area contributed by atoms with Gasteiger partial charge in [-0.05, 0) is 40.2 Å². The van der Waals surface area contributed by atoms with Gasteiger partial charge in [-0.3, -0.25) is 0 Å². The highest BCUT2D eigenvalue weighted by Crippen LogP contribution is 2.51. The van der Waals surface area contributed by atoms with Crippen LogP contribution < -0.4 is 0 Å². The molecule has 104 valence electrons. The number of rotatable bonds is 0. The van der Waals surface area contributed by atoms with Gasteiger partial charge in [0.05, 0.1) is 0 Å².